The van der Waals surface area contributed by atoms with E-state index in [0.29, 0.717) is 25.1 Å². The molecule has 158 valence electrons. The van der Waals surface area contributed by atoms with Crippen LogP contribution in [0, 0.1) is 0 Å². The van der Waals surface area contributed by atoms with E-state index >= 15 is 0 Å². The van der Waals surface area contributed by atoms with Crippen LogP contribution in [-0.2, 0) is 15.9 Å². The van der Waals surface area contributed by atoms with E-state index in [2.05, 4.69) is 20.4 Å². The monoisotopic (exact) mass is 410 g/mol. The van der Waals surface area contributed by atoms with Gasteiger partial charge in [0.2, 0.25) is 0 Å². The maximum atomic E-state index is 11.5. The number of hydrogen-bond acceptors (Lipinski definition) is 7. The number of benzene rings is 1. The lowest BCUT2D eigenvalue weighted by molar-refractivity contribution is 0.0973. The van der Waals surface area contributed by atoms with Crippen LogP contribution in [0.5, 0.6) is 0 Å². The SMILES string of the molecule is CNC(=O)Nc1ccc(-c2nc(N3CCOCC3)c3c(n2)N2CCOC[C@@H]2C3)cc1. The summed E-state index contributed by atoms with van der Waals surface area (Å²) >= 11 is 0. The predicted octanol–water partition coefficient (Wildman–Crippen LogP) is 1.49. The third-order valence-electron chi connectivity index (χ3n) is 5.84. The molecule has 0 aliphatic carbocycles. The fourth-order valence-electron chi connectivity index (χ4n) is 4.28. The molecule has 4 heterocycles. The zero-order chi connectivity index (χ0) is 20.5. The fraction of sp³-hybridized carbons (Fsp3) is 0.476. The number of urea groups is 1. The van der Waals surface area contributed by atoms with Gasteiger partial charge in [-0.2, -0.15) is 0 Å². The summed E-state index contributed by atoms with van der Waals surface area (Å²) in [6.45, 7) is 5.40. The first-order valence-electron chi connectivity index (χ1n) is 10.4. The van der Waals surface area contributed by atoms with Crippen LogP contribution in [0.25, 0.3) is 11.4 Å². The normalized spacial score (nSPS) is 20.5. The molecule has 2 amide bonds. The number of morpholine rings is 2. The van der Waals surface area contributed by atoms with Gasteiger partial charge in [0.05, 0.1) is 32.5 Å². The quantitative estimate of drug-likeness (QED) is 0.792. The van der Waals surface area contributed by atoms with Crippen molar-refractivity contribution in [3.05, 3.63) is 29.8 Å². The Balaban J connectivity index is 1.52. The van der Waals surface area contributed by atoms with Crippen molar-refractivity contribution in [3.63, 3.8) is 0 Å². The molecule has 0 bridgehead atoms. The van der Waals surface area contributed by atoms with Crippen LogP contribution in [0.4, 0.5) is 22.1 Å². The number of amides is 2. The summed E-state index contributed by atoms with van der Waals surface area (Å²) in [4.78, 5) is 26.2. The molecular weight excluding hydrogens is 384 g/mol. The molecule has 5 rings (SSSR count). The highest BCUT2D eigenvalue weighted by Crippen LogP contribution is 2.39. The van der Waals surface area contributed by atoms with E-state index in [9.17, 15) is 4.79 Å². The number of nitrogens with zero attached hydrogens (tertiary/aromatic N) is 4. The summed E-state index contributed by atoms with van der Waals surface area (Å²) in [6, 6.07) is 7.71. The molecule has 0 spiro atoms. The largest absolute Gasteiger partial charge is 0.378 e. The van der Waals surface area contributed by atoms with Gasteiger partial charge in [-0.3, -0.25) is 0 Å². The highest BCUT2D eigenvalue weighted by atomic mass is 16.5. The molecule has 9 heteroatoms. The number of aromatic nitrogens is 2. The number of nitrogens with one attached hydrogen (secondary N) is 2. The molecule has 0 radical (unpaired) electrons. The molecule has 2 fully saturated rings. The number of carbonyl (C=O) groups excluding carboxylic acids is 1. The van der Waals surface area contributed by atoms with Gasteiger partial charge in [-0.1, -0.05) is 0 Å². The second-order valence-corrected chi connectivity index (χ2v) is 7.68. The molecule has 0 unspecified atom stereocenters. The van der Waals surface area contributed by atoms with Crippen molar-refractivity contribution in [3.8, 4) is 11.4 Å². The van der Waals surface area contributed by atoms with Crippen LogP contribution in [0.2, 0.25) is 0 Å². The predicted molar refractivity (Wildman–Crippen MR) is 114 cm³/mol. The molecule has 1 aromatic heterocycles. The van der Waals surface area contributed by atoms with Gasteiger partial charge in [0, 0.05) is 49.9 Å². The van der Waals surface area contributed by atoms with Crippen LogP contribution >= 0.6 is 0 Å². The molecule has 2 saturated heterocycles. The molecule has 30 heavy (non-hydrogen) atoms. The van der Waals surface area contributed by atoms with E-state index in [-0.39, 0.29) is 6.03 Å². The van der Waals surface area contributed by atoms with Crippen LogP contribution in [-0.4, -0.2) is 75.2 Å². The lowest BCUT2D eigenvalue weighted by atomic mass is 10.1. The van der Waals surface area contributed by atoms with Gasteiger partial charge in [-0.15, -0.1) is 0 Å². The van der Waals surface area contributed by atoms with E-state index in [1.807, 2.05) is 24.3 Å². The molecule has 2 aromatic rings. The first-order chi connectivity index (χ1) is 14.7. The highest BCUT2D eigenvalue weighted by Gasteiger charge is 2.37. The van der Waals surface area contributed by atoms with E-state index in [4.69, 9.17) is 19.4 Å². The first-order valence-corrected chi connectivity index (χ1v) is 10.4. The average Bonchev–Trinajstić information content (AvgIpc) is 3.18. The Hall–Kier alpha value is -2.91. The van der Waals surface area contributed by atoms with Crippen LogP contribution in [0.1, 0.15) is 5.56 Å². The van der Waals surface area contributed by atoms with Gasteiger partial charge in [-0.05, 0) is 24.3 Å². The van der Waals surface area contributed by atoms with Crippen LogP contribution in [0.3, 0.4) is 0 Å². The van der Waals surface area contributed by atoms with Crippen LogP contribution < -0.4 is 20.4 Å². The van der Waals surface area contributed by atoms with E-state index in [0.717, 1.165) is 62.2 Å². The summed E-state index contributed by atoms with van der Waals surface area (Å²) in [5, 5.41) is 5.33. The third-order valence-corrected chi connectivity index (χ3v) is 5.84. The van der Waals surface area contributed by atoms with Gasteiger partial charge in [-0.25, -0.2) is 14.8 Å². The van der Waals surface area contributed by atoms with Gasteiger partial charge < -0.3 is 29.9 Å². The Morgan fingerprint density at radius 1 is 1.03 bits per heavy atom. The number of rotatable bonds is 3. The first kappa shape index (κ1) is 19.1. The van der Waals surface area contributed by atoms with Gasteiger partial charge in [0.1, 0.15) is 11.6 Å². The van der Waals surface area contributed by atoms with Crippen molar-refractivity contribution in [2.75, 3.05) is 68.2 Å². The number of anilines is 3. The molecule has 1 atom stereocenters. The molecule has 9 nitrogen and oxygen atoms in total. The minimum absolute atomic E-state index is 0.246. The second-order valence-electron chi connectivity index (χ2n) is 7.68. The van der Waals surface area contributed by atoms with E-state index in [1.54, 1.807) is 7.05 Å². The molecule has 1 aromatic carbocycles. The topological polar surface area (TPSA) is 91.9 Å². The Bertz CT molecular complexity index is 929. The maximum absolute atomic E-state index is 11.5. The minimum Gasteiger partial charge on any atom is -0.378 e. The number of carbonyl (C=O) groups is 1. The van der Waals surface area contributed by atoms with Crippen molar-refractivity contribution < 1.29 is 14.3 Å². The molecule has 3 aliphatic rings. The standard InChI is InChI=1S/C21H26N6O3/c1-22-21(28)23-15-4-2-14(3-5-15)18-24-19(26-6-9-29-10-7-26)17-12-16-13-30-11-8-27(16)20(17)25-18/h2-5,16H,6-13H2,1H3,(H2,22,23,28)/t16-/m0/s1. The van der Waals surface area contributed by atoms with Gasteiger partial charge >= 0.3 is 6.03 Å². The van der Waals surface area contributed by atoms with Crippen molar-refractivity contribution >= 4 is 23.4 Å². The third kappa shape index (κ3) is 3.54. The zero-order valence-electron chi connectivity index (χ0n) is 17.1. The van der Waals surface area contributed by atoms with E-state index in [1.165, 1.54) is 5.56 Å². The maximum Gasteiger partial charge on any atom is 0.318 e. The minimum atomic E-state index is -0.246. The van der Waals surface area contributed by atoms with Crippen molar-refractivity contribution in [1.82, 2.24) is 15.3 Å². The van der Waals surface area contributed by atoms with Crippen molar-refractivity contribution in [1.29, 1.82) is 0 Å². The summed E-state index contributed by atoms with van der Waals surface area (Å²) in [5.41, 5.74) is 2.86. The Morgan fingerprint density at radius 3 is 2.53 bits per heavy atom. The molecule has 3 aliphatic heterocycles. The summed E-state index contributed by atoms with van der Waals surface area (Å²) in [7, 11) is 1.59. The smallest absolute Gasteiger partial charge is 0.318 e. The number of hydrogen-bond donors (Lipinski definition) is 2. The summed E-state index contributed by atoms with van der Waals surface area (Å²) in [5.74, 6) is 2.75. The van der Waals surface area contributed by atoms with Gasteiger partial charge in [0.15, 0.2) is 5.82 Å². The van der Waals surface area contributed by atoms with Crippen molar-refractivity contribution in [2.45, 2.75) is 12.5 Å². The van der Waals surface area contributed by atoms with Gasteiger partial charge in [0.25, 0.3) is 0 Å². The fourth-order valence-corrected chi connectivity index (χ4v) is 4.28. The number of fused-ring (bicyclic) bond motifs is 3. The molecule has 0 saturated carbocycles. The Kier molecular flexibility index (Phi) is 5.14. The zero-order valence-corrected chi connectivity index (χ0v) is 17.1. The summed E-state index contributed by atoms with van der Waals surface area (Å²) < 4.78 is 11.3. The average molecular weight is 410 g/mol. The Labute approximate surface area is 175 Å². The molecular formula is C21H26N6O3. The molecule has 2 N–H and O–H groups in total. The van der Waals surface area contributed by atoms with E-state index < -0.39 is 0 Å². The number of ether oxygens (including phenoxy) is 2. The Morgan fingerprint density at radius 2 is 1.77 bits per heavy atom. The van der Waals surface area contributed by atoms with Crippen LogP contribution in [0.15, 0.2) is 24.3 Å². The second kappa shape index (κ2) is 8.08. The summed E-state index contributed by atoms with van der Waals surface area (Å²) in [6.07, 6.45) is 0.914. The van der Waals surface area contributed by atoms with Crippen molar-refractivity contribution in [2.24, 2.45) is 0 Å². The highest BCUT2D eigenvalue weighted by molar-refractivity contribution is 5.89. The lowest BCUT2D eigenvalue weighted by Crippen LogP contribution is -2.43. The lowest BCUT2D eigenvalue weighted by Gasteiger charge is -2.31.